The maximum Gasteiger partial charge on any atom is 0.319 e. The first-order valence-corrected chi connectivity index (χ1v) is 6.40. The van der Waals surface area contributed by atoms with Crippen LogP contribution < -0.4 is 10.6 Å². The maximum atomic E-state index is 11.6. The van der Waals surface area contributed by atoms with Crippen LogP contribution in [0.2, 0.25) is 5.02 Å². The second kappa shape index (κ2) is 7.44. The average Bonchev–Trinajstić information content (AvgIpc) is 2.40. The number of hydrogen-bond acceptors (Lipinski definition) is 4. The molecule has 0 radical (unpaired) electrons. The third-order valence-corrected chi connectivity index (χ3v) is 3.02. The van der Waals surface area contributed by atoms with Crippen LogP contribution in [0.15, 0.2) is 18.2 Å². The van der Waals surface area contributed by atoms with Gasteiger partial charge in [0.2, 0.25) is 0 Å². The fraction of sp³-hybridized carbons (Fsp3) is 0.333. The normalized spacial score (nSPS) is 11.5. The van der Waals surface area contributed by atoms with Crippen molar-refractivity contribution in [1.82, 2.24) is 5.32 Å². The Balaban J connectivity index is 2.57. The van der Waals surface area contributed by atoms with E-state index in [-0.39, 0.29) is 29.4 Å². The minimum atomic E-state index is -0.945. The van der Waals surface area contributed by atoms with Crippen LogP contribution in [0.4, 0.5) is 16.2 Å². The number of carboxylic acids is 1. The molecule has 1 aromatic carbocycles. The lowest BCUT2D eigenvalue weighted by atomic mass is 10.1. The number of hydrogen-bond donors (Lipinski definition) is 3. The third-order valence-electron chi connectivity index (χ3n) is 2.69. The van der Waals surface area contributed by atoms with Crippen molar-refractivity contribution in [3.05, 3.63) is 33.3 Å². The molecule has 21 heavy (non-hydrogen) atoms. The van der Waals surface area contributed by atoms with E-state index in [1.807, 2.05) is 0 Å². The summed E-state index contributed by atoms with van der Waals surface area (Å²) >= 11 is 5.83. The van der Waals surface area contributed by atoms with Gasteiger partial charge in [0.25, 0.3) is 5.69 Å². The molecule has 0 fully saturated rings. The second-order valence-electron chi connectivity index (χ2n) is 4.33. The molecule has 3 N–H and O–H groups in total. The number of urea groups is 1. The van der Waals surface area contributed by atoms with Crippen molar-refractivity contribution in [2.24, 2.45) is 5.92 Å². The van der Waals surface area contributed by atoms with E-state index < -0.39 is 22.8 Å². The standard InChI is InChI=1S/C12H14ClN3O5/c1-7(11(17)18)4-5-14-12(19)15-10-6-8(16(20)21)2-3-9(10)13/h2-3,6-7H,4-5H2,1H3,(H,17,18)(H2,14,15,19). The number of carbonyl (C=O) groups is 2. The van der Waals surface area contributed by atoms with Crippen LogP contribution in [0.1, 0.15) is 13.3 Å². The Morgan fingerprint density at radius 2 is 2.14 bits per heavy atom. The van der Waals surface area contributed by atoms with E-state index in [2.05, 4.69) is 10.6 Å². The monoisotopic (exact) mass is 315 g/mol. The van der Waals surface area contributed by atoms with Gasteiger partial charge in [0.15, 0.2) is 0 Å². The lowest BCUT2D eigenvalue weighted by molar-refractivity contribution is -0.384. The lowest BCUT2D eigenvalue weighted by Gasteiger charge is -2.10. The van der Waals surface area contributed by atoms with Crippen molar-refractivity contribution in [3.8, 4) is 0 Å². The van der Waals surface area contributed by atoms with Crippen LogP contribution in [0.3, 0.4) is 0 Å². The molecule has 0 aliphatic heterocycles. The lowest BCUT2D eigenvalue weighted by Crippen LogP contribution is -2.31. The molecule has 2 amide bonds. The number of carbonyl (C=O) groups excluding carboxylic acids is 1. The van der Waals surface area contributed by atoms with Crippen molar-refractivity contribution < 1.29 is 19.6 Å². The van der Waals surface area contributed by atoms with Gasteiger partial charge in [0, 0.05) is 18.7 Å². The predicted molar refractivity (Wildman–Crippen MR) is 76.5 cm³/mol. The van der Waals surface area contributed by atoms with Crippen LogP contribution in [0, 0.1) is 16.0 Å². The third kappa shape index (κ3) is 5.27. The smallest absolute Gasteiger partial charge is 0.319 e. The zero-order chi connectivity index (χ0) is 16.0. The number of nitrogens with zero attached hydrogens (tertiary/aromatic N) is 1. The van der Waals surface area contributed by atoms with Crippen molar-refractivity contribution in [1.29, 1.82) is 0 Å². The second-order valence-corrected chi connectivity index (χ2v) is 4.74. The number of nitro benzene ring substituents is 1. The summed E-state index contributed by atoms with van der Waals surface area (Å²) in [5.74, 6) is -1.52. The molecular formula is C12H14ClN3O5. The number of benzene rings is 1. The highest BCUT2D eigenvalue weighted by atomic mass is 35.5. The first kappa shape index (κ1) is 16.7. The van der Waals surface area contributed by atoms with Gasteiger partial charge in [-0.25, -0.2) is 4.79 Å². The molecule has 1 rings (SSSR count). The van der Waals surface area contributed by atoms with E-state index in [0.717, 1.165) is 6.07 Å². The Kier molecular flexibility index (Phi) is 5.92. The van der Waals surface area contributed by atoms with E-state index >= 15 is 0 Å². The Morgan fingerprint density at radius 1 is 1.48 bits per heavy atom. The molecule has 0 aliphatic carbocycles. The predicted octanol–water partition coefficient (Wildman–Crippen LogP) is 2.48. The SMILES string of the molecule is CC(CCNC(=O)Nc1cc([N+](=O)[O-])ccc1Cl)C(=O)O. The molecule has 1 unspecified atom stereocenters. The molecule has 1 atom stereocenters. The van der Waals surface area contributed by atoms with Gasteiger partial charge >= 0.3 is 12.0 Å². The maximum absolute atomic E-state index is 11.6. The first-order valence-electron chi connectivity index (χ1n) is 6.03. The molecule has 0 saturated carbocycles. The summed E-state index contributed by atoms with van der Waals surface area (Å²) in [4.78, 5) is 32.2. The Bertz CT molecular complexity index is 564. The summed E-state index contributed by atoms with van der Waals surface area (Å²) < 4.78 is 0. The van der Waals surface area contributed by atoms with Gasteiger partial charge < -0.3 is 15.7 Å². The Labute approximate surface area is 125 Å². The van der Waals surface area contributed by atoms with Crippen molar-refractivity contribution in [3.63, 3.8) is 0 Å². The molecule has 1 aromatic rings. The summed E-state index contributed by atoms with van der Waals surface area (Å²) in [5.41, 5.74) is -0.0937. The van der Waals surface area contributed by atoms with Crippen molar-refractivity contribution in [2.45, 2.75) is 13.3 Å². The Hall–Kier alpha value is -2.35. The number of amides is 2. The van der Waals surface area contributed by atoms with E-state index in [1.54, 1.807) is 0 Å². The fourth-order valence-corrected chi connectivity index (χ4v) is 1.58. The minimum absolute atomic E-state index is 0.106. The summed E-state index contributed by atoms with van der Waals surface area (Å²) in [5, 5.41) is 24.3. The quantitative estimate of drug-likeness (QED) is 0.550. The zero-order valence-corrected chi connectivity index (χ0v) is 11.9. The molecule has 0 heterocycles. The van der Waals surface area contributed by atoms with Gasteiger partial charge in [-0.1, -0.05) is 18.5 Å². The van der Waals surface area contributed by atoms with Crippen molar-refractivity contribution in [2.75, 3.05) is 11.9 Å². The van der Waals surface area contributed by atoms with Crippen LogP contribution in [0.5, 0.6) is 0 Å². The average molecular weight is 316 g/mol. The topological polar surface area (TPSA) is 122 Å². The van der Waals surface area contributed by atoms with Crippen LogP contribution in [0.25, 0.3) is 0 Å². The van der Waals surface area contributed by atoms with Crippen LogP contribution >= 0.6 is 11.6 Å². The first-order chi connectivity index (χ1) is 9.81. The van der Waals surface area contributed by atoms with E-state index in [9.17, 15) is 19.7 Å². The molecule has 9 heteroatoms. The van der Waals surface area contributed by atoms with Crippen LogP contribution in [-0.2, 0) is 4.79 Å². The molecular weight excluding hydrogens is 302 g/mol. The summed E-state index contributed by atoms with van der Waals surface area (Å²) in [6.07, 6.45) is 0.269. The Morgan fingerprint density at radius 3 is 2.71 bits per heavy atom. The van der Waals surface area contributed by atoms with E-state index in [1.165, 1.54) is 19.1 Å². The molecule has 8 nitrogen and oxygen atoms in total. The number of anilines is 1. The van der Waals surface area contributed by atoms with Crippen molar-refractivity contribution >= 4 is 35.0 Å². The molecule has 0 spiro atoms. The number of nitro groups is 1. The highest BCUT2D eigenvalue weighted by Gasteiger charge is 2.13. The molecule has 114 valence electrons. The number of non-ortho nitro benzene ring substituents is 1. The summed E-state index contributed by atoms with van der Waals surface area (Å²) in [6, 6.07) is 3.05. The molecule has 0 bridgehead atoms. The number of carboxylic acid groups (broad SMARTS) is 1. The summed E-state index contributed by atoms with van der Waals surface area (Å²) in [7, 11) is 0. The summed E-state index contributed by atoms with van der Waals surface area (Å²) in [6.45, 7) is 1.69. The van der Waals surface area contributed by atoms with Gasteiger partial charge in [0.1, 0.15) is 0 Å². The van der Waals surface area contributed by atoms with Gasteiger partial charge in [-0.3, -0.25) is 14.9 Å². The van der Waals surface area contributed by atoms with Gasteiger partial charge in [-0.2, -0.15) is 0 Å². The van der Waals surface area contributed by atoms with E-state index in [4.69, 9.17) is 16.7 Å². The number of nitrogens with one attached hydrogen (secondary N) is 2. The fourth-order valence-electron chi connectivity index (χ4n) is 1.41. The van der Waals surface area contributed by atoms with Gasteiger partial charge in [0.05, 0.1) is 21.6 Å². The largest absolute Gasteiger partial charge is 0.481 e. The van der Waals surface area contributed by atoms with Gasteiger partial charge in [-0.15, -0.1) is 0 Å². The zero-order valence-electron chi connectivity index (χ0n) is 11.1. The van der Waals surface area contributed by atoms with Crippen LogP contribution in [-0.4, -0.2) is 28.6 Å². The number of halogens is 1. The van der Waals surface area contributed by atoms with E-state index in [0.29, 0.717) is 0 Å². The highest BCUT2D eigenvalue weighted by Crippen LogP contribution is 2.26. The number of rotatable bonds is 6. The highest BCUT2D eigenvalue weighted by molar-refractivity contribution is 6.33. The molecule has 0 aromatic heterocycles. The van der Waals surface area contributed by atoms with Gasteiger partial charge in [-0.05, 0) is 12.5 Å². The molecule has 0 saturated heterocycles. The number of aliphatic carboxylic acids is 1. The molecule has 0 aliphatic rings. The minimum Gasteiger partial charge on any atom is -0.481 e.